The second kappa shape index (κ2) is 5.77. The van der Waals surface area contributed by atoms with Gasteiger partial charge in [0.1, 0.15) is 0 Å². The van der Waals surface area contributed by atoms with Crippen molar-refractivity contribution >= 4 is 28.6 Å². The van der Waals surface area contributed by atoms with Crippen LogP contribution < -0.4 is 0 Å². The van der Waals surface area contributed by atoms with Crippen LogP contribution in [0.2, 0.25) is 0 Å². The number of carbonyl (C=O) groups excluding carboxylic acids is 3. The molecule has 0 radical (unpaired) electrons. The summed E-state index contributed by atoms with van der Waals surface area (Å²) in [4.78, 5) is 41.8. The normalized spacial score (nSPS) is 14.6. The Morgan fingerprint density at radius 1 is 0.957 bits per heavy atom. The summed E-state index contributed by atoms with van der Waals surface area (Å²) in [6, 6.07) is 12.1. The molecule has 0 saturated heterocycles. The Hall–Kier alpha value is -2.80. The van der Waals surface area contributed by atoms with E-state index in [0.717, 1.165) is 0 Å². The molecule has 3 rings (SSSR count). The largest absolute Gasteiger partial charge is 0.363 e. The van der Waals surface area contributed by atoms with Crippen molar-refractivity contribution < 1.29 is 23.4 Å². The standard InChI is InChI=1S/C16H11NO5S/c1-23(21)11-8-6-10(7-9-11)16(20)22-17-14(18)12-4-2-3-5-13(12)15(17)19/h2-9H,1H3. The van der Waals surface area contributed by atoms with Gasteiger partial charge in [0, 0.05) is 22.0 Å². The molecule has 1 aliphatic rings. The van der Waals surface area contributed by atoms with Crippen LogP contribution in [0.15, 0.2) is 53.4 Å². The summed E-state index contributed by atoms with van der Waals surface area (Å²) < 4.78 is 11.3. The lowest BCUT2D eigenvalue weighted by Crippen LogP contribution is -2.32. The van der Waals surface area contributed by atoms with Gasteiger partial charge in [0.25, 0.3) is 11.8 Å². The molecule has 0 saturated carbocycles. The van der Waals surface area contributed by atoms with Crippen LogP contribution in [0.3, 0.4) is 0 Å². The van der Waals surface area contributed by atoms with Gasteiger partial charge in [0.2, 0.25) is 0 Å². The summed E-state index contributed by atoms with van der Waals surface area (Å²) >= 11 is 0. The first-order valence-electron chi connectivity index (χ1n) is 6.62. The minimum absolute atomic E-state index is 0.149. The summed E-state index contributed by atoms with van der Waals surface area (Å²) in [6.45, 7) is 0. The van der Waals surface area contributed by atoms with Crippen molar-refractivity contribution in [1.82, 2.24) is 5.06 Å². The fraction of sp³-hybridized carbons (Fsp3) is 0.0625. The minimum Gasteiger partial charge on any atom is -0.324 e. The number of nitrogens with zero attached hydrogens (tertiary/aromatic N) is 1. The summed E-state index contributed by atoms with van der Waals surface area (Å²) in [5.74, 6) is -2.19. The molecule has 1 aliphatic heterocycles. The van der Waals surface area contributed by atoms with Gasteiger partial charge in [0.15, 0.2) is 0 Å². The van der Waals surface area contributed by atoms with Crippen molar-refractivity contribution in [2.45, 2.75) is 4.90 Å². The Morgan fingerprint density at radius 3 is 1.96 bits per heavy atom. The smallest absolute Gasteiger partial charge is 0.324 e. The summed E-state index contributed by atoms with van der Waals surface area (Å²) in [5.41, 5.74) is 0.541. The second-order valence-electron chi connectivity index (χ2n) is 4.81. The van der Waals surface area contributed by atoms with Crippen LogP contribution in [0, 0.1) is 0 Å². The first kappa shape index (κ1) is 15.1. The zero-order chi connectivity index (χ0) is 16.6. The van der Waals surface area contributed by atoms with Crippen molar-refractivity contribution in [3.05, 3.63) is 65.2 Å². The fourth-order valence-corrected chi connectivity index (χ4v) is 2.69. The number of imide groups is 1. The average Bonchev–Trinajstić information content (AvgIpc) is 2.80. The van der Waals surface area contributed by atoms with Gasteiger partial charge < -0.3 is 4.84 Å². The zero-order valence-corrected chi connectivity index (χ0v) is 12.8. The van der Waals surface area contributed by atoms with E-state index < -0.39 is 28.6 Å². The van der Waals surface area contributed by atoms with Crippen molar-refractivity contribution in [1.29, 1.82) is 0 Å². The van der Waals surface area contributed by atoms with E-state index in [0.29, 0.717) is 9.96 Å². The highest BCUT2D eigenvalue weighted by Crippen LogP contribution is 2.23. The van der Waals surface area contributed by atoms with E-state index in [2.05, 4.69) is 0 Å². The summed E-state index contributed by atoms with van der Waals surface area (Å²) in [7, 11) is -1.16. The second-order valence-corrected chi connectivity index (χ2v) is 6.19. The third-order valence-corrected chi connectivity index (χ3v) is 4.29. The van der Waals surface area contributed by atoms with Crippen LogP contribution >= 0.6 is 0 Å². The Balaban J connectivity index is 1.80. The third-order valence-electron chi connectivity index (χ3n) is 3.35. The van der Waals surface area contributed by atoms with Gasteiger partial charge >= 0.3 is 5.97 Å². The van der Waals surface area contributed by atoms with Gasteiger partial charge in [-0.05, 0) is 36.4 Å². The van der Waals surface area contributed by atoms with Crippen LogP contribution in [-0.4, -0.2) is 33.3 Å². The number of benzene rings is 2. The van der Waals surface area contributed by atoms with E-state index in [9.17, 15) is 18.6 Å². The molecule has 7 heteroatoms. The topological polar surface area (TPSA) is 80.8 Å². The number of amides is 2. The predicted octanol–water partition coefficient (Wildman–Crippen LogP) is 1.79. The number of hydroxylamine groups is 2. The van der Waals surface area contributed by atoms with E-state index in [1.807, 2.05) is 0 Å². The Morgan fingerprint density at radius 2 is 1.48 bits per heavy atom. The monoisotopic (exact) mass is 329 g/mol. The number of hydrogen-bond donors (Lipinski definition) is 0. The Bertz CT molecular complexity index is 809. The number of rotatable bonds is 3. The van der Waals surface area contributed by atoms with Crippen LogP contribution in [0.25, 0.3) is 0 Å². The molecule has 0 fully saturated rings. The van der Waals surface area contributed by atoms with Gasteiger partial charge in [-0.3, -0.25) is 13.8 Å². The molecule has 2 amide bonds. The minimum atomic E-state index is -1.16. The van der Waals surface area contributed by atoms with Crippen LogP contribution in [0.5, 0.6) is 0 Å². The van der Waals surface area contributed by atoms with Crippen molar-refractivity contribution in [2.75, 3.05) is 6.26 Å². The molecule has 2 aromatic rings. The molecule has 0 aliphatic carbocycles. The SMILES string of the molecule is CS(=O)c1ccc(C(=O)ON2C(=O)c3ccccc3C2=O)cc1. The fourth-order valence-electron chi connectivity index (χ4n) is 2.17. The van der Waals surface area contributed by atoms with Gasteiger partial charge in [-0.1, -0.05) is 17.2 Å². The molecule has 23 heavy (non-hydrogen) atoms. The van der Waals surface area contributed by atoms with Crippen molar-refractivity contribution in [3.8, 4) is 0 Å². The zero-order valence-electron chi connectivity index (χ0n) is 12.0. The van der Waals surface area contributed by atoms with Gasteiger partial charge in [-0.15, -0.1) is 0 Å². The molecule has 0 spiro atoms. The molecular weight excluding hydrogens is 318 g/mol. The van der Waals surface area contributed by atoms with Crippen LogP contribution in [0.1, 0.15) is 31.1 Å². The molecule has 6 nitrogen and oxygen atoms in total. The van der Waals surface area contributed by atoms with Crippen molar-refractivity contribution in [2.24, 2.45) is 0 Å². The molecule has 116 valence electrons. The maximum Gasteiger partial charge on any atom is 0.363 e. The maximum atomic E-state index is 12.1. The van der Waals surface area contributed by atoms with Crippen LogP contribution in [0.4, 0.5) is 0 Å². The lowest BCUT2D eigenvalue weighted by Gasteiger charge is -2.12. The quantitative estimate of drug-likeness (QED) is 0.802. The Kier molecular flexibility index (Phi) is 3.79. The lowest BCUT2D eigenvalue weighted by atomic mass is 10.1. The van der Waals surface area contributed by atoms with Gasteiger partial charge in [-0.25, -0.2) is 4.79 Å². The van der Waals surface area contributed by atoms with E-state index in [4.69, 9.17) is 4.84 Å². The highest BCUT2D eigenvalue weighted by atomic mass is 32.2. The van der Waals surface area contributed by atoms with E-state index in [-0.39, 0.29) is 16.7 Å². The lowest BCUT2D eigenvalue weighted by molar-refractivity contribution is -0.0584. The van der Waals surface area contributed by atoms with Gasteiger partial charge in [0.05, 0.1) is 16.7 Å². The average molecular weight is 329 g/mol. The van der Waals surface area contributed by atoms with E-state index in [1.165, 1.54) is 42.7 Å². The molecule has 1 unspecified atom stereocenters. The number of carbonyl (C=O) groups is 3. The predicted molar refractivity (Wildman–Crippen MR) is 81.1 cm³/mol. The molecule has 0 N–H and O–H groups in total. The third kappa shape index (κ3) is 2.66. The van der Waals surface area contributed by atoms with Gasteiger partial charge in [-0.2, -0.15) is 0 Å². The number of hydrogen-bond acceptors (Lipinski definition) is 5. The summed E-state index contributed by atoms with van der Waals surface area (Å²) in [5, 5.41) is 0.457. The maximum absolute atomic E-state index is 12.1. The molecule has 0 aromatic heterocycles. The molecule has 2 aromatic carbocycles. The molecular formula is C16H11NO5S. The molecule has 0 bridgehead atoms. The highest BCUT2D eigenvalue weighted by Gasteiger charge is 2.38. The first-order chi connectivity index (χ1) is 11.0. The number of fused-ring (bicyclic) bond motifs is 1. The highest BCUT2D eigenvalue weighted by molar-refractivity contribution is 7.84. The summed E-state index contributed by atoms with van der Waals surface area (Å²) in [6.07, 6.45) is 1.52. The molecule has 1 atom stereocenters. The Labute approximate surface area is 134 Å². The van der Waals surface area contributed by atoms with E-state index >= 15 is 0 Å². The van der Waals surface area contributed by atoms with E-state index in [1.54, 1.807) is 12.1 Å². The first-order valence-corrected chi connectivity index (χ1v) is 8.18. The van der Waals surface area contributed by atoms with Crippen LogP contribution in [-0.2, 0) is 15.6 Å². The molecule has 1 heterocycles. The van der Waals surface area contributed by atoms with Crippen molar-refractivity contribution in [3.63, 3.8) is 0 Å².